The molecule has 4 rings (SSSR count). The first-order valence-electron chi connectivity index (χ1n) is 8.68. The van der Waals surface area contributed by atoms with Crippen LogP contribution < -0.4 is 9.47 Å². The van der Waals surface area contributed by atoms with Gasteiger partial charge in [0.25, 0.3) is 0 Å². The number of methoxy groups -OCH3 is 1. The summed E-state index contributed by atoms with van der Waals surface area (Å²) in [6.07, 6.45) is 3.77. The summed E-state index contributed by atoms with van der Waals surface area (Å²) in [6, 6.07) is 15.8. The van der Waals surface area contributed by atoms with Gasteiger partial charge in [-0.15, -0.1) is 0 Å². The van der Waals surface area contributed by atoms with Crippen molar-refractivity contribution in [2.45, 2.75) is 6.92 Å². The maximum atomic E-state index is 5.77. The van der Waals surface area contributed by atoms with Gasteiger partial charge in [0.1, 0.15) is 17.1 Å². The molecule has 0 radical (unpaired) electrons. The van der Waals surface area contributed by atoms with Gasteiger partial charge in [0, 0.05) is 23.5 Å². The summed E-state index contributed by atoms with van der Waals surface area (Å²) in [6.45, 7) is 2.58. The molecule has 0 bridgehead atoms. The first-order valence-corrected chi connectivity index (χ1v) is 9.09. The third-order valence-electron chi connectivity index (χ3n) is 4.40. The molecule has 1 N–H and O–H groups in total. The summed E-state index contributed by atoms with van der Waals surface area (Å²) in [5.41, 5.74) is 4.79. The van der Waals surface area contributed by atoms with Crippen LogP contribution in [0.4, 0.5) is 0 Å². The van der Waals surface area contributed by atoms with E-state index in [-0.39, 0.29) is 0 Å². The van der Waals surface area contributed by atoms with Gasteiger partial charge in [-0.3, -0.25) is 4.40 Å². The minimum atomic E-state index is 0.499. The van der Waals surface area contributed by atoms with E-state index in [0.717, 1.165) is 39.5 Å². The number of H-pyrrole nitrogens is 1. The Labute approximate surface area is 162 Å². The molecule has 6 heteroatoms. The minimum Gasteiger partial charge on any atom is -0.497 e. The van der Waals surface area contributed by atoms with Crippen LogP contribution >= 0.6 is 12.2 Å². The van der Waals surface area contributed by atoms with Crippen LogP contribution in [0.1, 0.15) is 6.92 Å². The van der Waals surface area contributed by atoms with Crippen molar-refractivity contribution in [1.82, 2.24) is 14.4 Å². The lowest BCUT2D eigenvalue weighted by atomic mass is 10.1. The number of fused-ring (bicyclic) bond motifs is 1. The number of imidazole rings is 1. The van der Waals surface area contributed by atoms with E-state index < -0.39 is 0 Å². The van der Waals surface area contributed by atoms with Crippen molar-refractivity contribution in [3.05, 3.63) is 65.7 Å². The zero-order chi connectivity index (χ0) is 18.8. The molecule has 0 aliphatic carbocycles. The van der Waals surface area contributed by atoms with E-state index in [1.165, 1.54) is 0 Å². The molecule has 0 amide bonds. The minimum absolute atomic E-state index is 0.499. The number of nitrogens with one attached hydrogen (secondary N) is 1. The van der Waals surface area contributed by atoms with Crippen molar-refractivity contribution in [3.63, 3.8) is 0 Å². The summed E-state index contributed by atoms with van der Waals surface area (Å²) in [5, 5.41) is 0. The number of nitrogens with zero attached hydrogens (tertiary/aromatic N) is 2. The van der Waals surface area contributed by atoms with E-state index in [2.05, 4.69) is 9.97 Å². The Hall–Kier alpha value is -3.12. The van der Waals surface area contributed by atoms with Gasteiger partial charge in [0.05, 0.1) is 19.4 Å². The summed E-state index contributed by atoms with van der Waals surface area (Å²) in [5.74, 6) is 1.64. The fourth-order valence-corrected chi connectivity index (χ4v) is 3.29. The Balaban J connectivity index is 1.89. The molecule has 2 aromatic carbocycles. The van der Waals surface area contributed by atoms with Crippen LogP contribution in [-0.4, -0.2) is 28.1 Å². The SMILES string of the molecule is CCOc1ccccc1-c1cn2c(=S)ncc(-c3ccc(OC)cc3)c2[nH]1. The molecule has 0 unspecified atom stereocenters. The summed E-state index contributed by atoms with van der Waals surface area (Å²) >= 11 is 5.43. The van der Waals surface area contributed by atoms with Gasteiger partial charge in [-0.25, -0.2) is 4.98 Å². The molecule has 2 aromatic heterocycles. The average Bonchev–Trinajstić information content (AvgIpc) is 3.15. The van der Waals surface area contributed by atoms with Crippen molar-refractivity contribution >= 4 is 17.9 Å². The molecule has 0 fully saturated rings. The van der Waals surface area contributed by atoms with Crippen LogP contribution in [0.15, 0.2) is 60.9 Å². The van der Waals surface area contributed by atoms with Gasteiger partial charge in [0.15, 0.2) is 0 Å². The smallest absolute Gasteiger partial charge is 0.205 e. The third-order valence-corrected chi connectivity index (χ3v) is 4.70. The lowest BCUT2D eigenvalue weighted by Gasteiger charge is -2.08. The molecule has 0 aliphatic rings. The highest BCUT2D eigenvalue weighted by Crippen LogP contribution is 2.32. The number of benzene rings is 2. The van der Waals surface area contributed by atoms with Gasteiger partial charge in [0.2, 0.25) is 4.77 Å². The molecule has 2 heterocycles. The van der Waals surface area contributed by atoms with Crippen molar-refractivity contribution in [2.75, 3.05) is 13.7 Å². The normalized spacial score (nSPS) is 10.9. The molecule has 0 saturated heterocycles. The van der Waals surface area contributed by atoms with Crippen LogP contribution in [0, 0.1) is 4.77 Å². The predicted octanol–water partition coefficient (Wildman–Crippen LogP) is 5.13. The maximum absolute atomic E-state index is 5.77. The quantitative estimate of drug-likeness (QED) is 0.490. The highest BCUT2D eigenvalue weighted by molar-refractivity contribution is 7.71. The number of para-hydroxylation sites is 1. The molecular weight excluding hydrogens is 358 g/mol. The lowest BCUT2D eigenvalue weighted by molar-refractivity contribution is 0.341. The van der Waals surface area contributed by atoms with E-state index in [0.29, 0.717) is 11.4 Å². The molecule has 5 nitrogen and oxygen atoms in total. The second-order valence-electron chi connectivity index (χ2n) is 6.00. The molecule has 0 saturated carbocycles. The second kappa shape index (κ2) is 7.25. The van der Waals surface area contributed by atoms with Gasteiger partial charge in [-0.2, -0.15) is 0 Å². The van der Waals surface area contributed by atoms with E-state index in [1.54, 1.807) is 13.3 Å². The van der Waals surface area contributed by atoms with Crippen LogP contribution in [0.3, 0.4) is 0 Å². The second-order valence-corrected chi connectivity index (χ2v) is 6.36. The highest BCUT2D eigenvalue weighted by atomic mass is 32.1. The number of aromatic nitrogens is 3. The van der Waals surface area contributed by atoms with Crippen LogP contribution in [0.25, 0.3) is 28.0 Å². The van der Waals surface area contributed by atoms with E-state index in [9.17, 15) is 0 Å². The summed E-state index contributed by atoms with van der Waals surface area (Å²) in [4.78, 5) is 7.88. The number of hydrogen-bond acceptors (Lipinski definition) is 4. The Morgan fingerprint density at radius 3 is 2.59 bits per heavy atom. The molecule has 4 aromatic rings. The fraction of sp³-hybridized carbons (Fsp3) is 0.143. The van der Waals surface area contributed by atoms with Crippen molar-refractivity contribution in [3.8, 4) is 33.9 Å². The van der Waals surface area contributed by atoms with Crippen molar-refractivity contribution in [2.24, 2.45) is 0 Å². The first kappa shape index (κ1) is 17.3. The maximum Gasteiger partial charge on any atom is 0.205 e. The molecule has 0 atom stereocenters. The zero-order valence-corrected chi connectivity index (χ0v) is 15.9. The predicted molar refractivity (Wildman–Crippen MR) is 109 cm³/mol. The Kier molecular flexibility index (Phi) is 4.64. The standard InChI is InChI=1S/C21H19N3O2S/c1-3-26-19-7-5-4-6-16(19)18-13-24-20(23-18)17(12-22-21(24)27)14-8-10-15(25-2)11-9-14/h4-13,23H,3H2,1-2H3. The summed E-state index contributed by atoms with van der Waals surface area (Å²) < 4.78 is 13.4. The monoisotopic (exact) mass is 377 g/mol. The Bertz CT molecular complexity index is 1150. The summed E-state index contributed by atoms with van der Waals surface area (Å²) in [7, 11) is 1.66. The molecular formula is C21H19N3O2S. The van der Waals surface area contributed by atoms with Crippen LogP contribution in [-0.2, 0) is 0 Å². The third kappa shape index (κ3) is 3.19. The number of hydrogen-bond donors (Lipinski definition) is 1. The number of ether oxygens (including phenoxy) is 2. The van der Waals surface area contributed by atoms with E-state index in [4.69, 9.17) is 21.7 Å². The molecule has 136 valence electrons. The van der Waals surface area contributed by atoms with Crippen molar-refractivity contribution < 1.29 is 9.47 Å². The van der Waals surface area contributed by atoms with Gasteiger partial charge in [-0.05, 0) is 49.0 Å². The lowest BCUT2D eigenvalue weighted by Crippen LogP contribution is -1.93. The first-order chi connectivity index (χ1) is 13.2. The topological polar surface area (TPSA) is 51.6 Å². The Morgan fingerprint density at radius 1 is 1.07 bits per heavy atom. The van der Waals surface area contributed by atoms with Crippen molar-refractivity contribution in [1.29, 1.82) is 0 Å². The van der Waals surface area contributed by atoms with Gasteiger partial charge in [-0.1, -0.05) is 24.3 Å². The molecule has 0 aliphatic heterocycles. The highest BCUT2D eigenvalue weighted by Gasteiger charge is 2.13. The van der Waals surface area contributed by atoms with E-state index in [1.807, 2.05) is 66.1 Å². The van der Waals surface area contributed by atoms with E-state index >= 15 is 0 Å². The Morgan fingerprint density at radius 2 is 1.85 bits per heavy atom. The average molecular weight is 377 g/mol. The largest absolute Gasteiger partial charge is 0.497 e. The van der Waals surface area contributed by atoms with Gasteiger partial charge >= 0.3 is 0 Å². The number of rotatable bonds is 5. The van der Waals surface area contributed by atoms with Crippen LogP contribution in [0.5, 0.6) is 11.5 Å². The fourth-order valence-electron chi connectivity index (χ4n) is 3.09. The molecule has 0 spiro atoms. The molecule has 27 heavy (non-hydrogen) atoms. The van der Waals surface area contributed by atoms with Crippen LogP contribution in [0.2, 0.25) is 0 Å². The van der Waals surface area contributed by atoms with Gasteiger partial charge < -0.3 is 14.5 Å². The zero-order valence-electron chi connectivity index (χ0n) is 15.1. The number of aromatic amines is 1.